The Morgan fingerprint density at radius 3 is 2.25 bits per heavy atom. The van der Waals surface area contributed by atoms with E-state index in [4.69, 9.17) is 0 Å². The first-order valence-corrected chi connectivity index (χ1v) is 5.47. The summed E-state index contributed by atoms with van der Waals surface area (Å²) in [7, 11) is 0. The minimum atomic E-state index is -2.81. The standard InChI is InChI=1S/C10H13F2NO.C2H6/c1-7(2)5-8-3-4-9(13-6-8)14-10(11)12;1-2/h3-4,6-7,10H,5H2,1-2H3;1-2H3. The molecule has 1 heterocycles. The van der Waals surface area contributed by atoms with Crippen molar-refractivity contribution in [2.24, 2.45) is 5.92 Å². The molecule has 2 nitrogen and oxygen atoms in total. The number of alkyl halides is 2. The molecule has 0 spiro atoms. The van der Waals surface area contributed by atoms with Gasteiger partial charge in [-0.2, -0.15) is 8.78 Å². The van der Waals surface area contributed by atoms with Gasteiger partial charge in [0.25, 0.3) is 0 Å². The van der Waals surface area contributed by atoms with Crippen molar-refractivity contribution in [2.75, 3.05) is 0 Å². The van der Waals surface area contributed by atoms with Crippen LogP contribution < -0.4 is 4.74 Å². The van der Waals surface area contributed by atoms with Crippen molar-refractivity contribution in [1.82, 2.24) is 4.98 Å². The van der Waals surface area contributed by atoms with Crippen LogP contribution in [0.1, 0.15) is 33.3 Å². The molecule has 0 aliphatic rings. The molecule has 0 saturated heterocycles. The molecule has 4 heteroatoms. The molecule has 0 N–H and O–H groups in total. The van der Waals surface area contributed by atoms with E-state index in [9.17, 15) is 8.78 Å². The topological polar surface area (TPSA) is 22.1 Å². The highest BCUT2D eigenvalue weighted by Gasteiger charge is 2.05. The van der Waals surface area contributed by atoms with E-state index in [0.717, 1.165) is 12.0 Å². The van der Waals surface area contributed by atoms with E-state index < -0.39 is 6.61 Å². The predicted octanol–water partition coefficient (Wildman–Crippen LogP) is 3.91. The number of ether oxygens (including phenoxy) is 1. The first kappa shape index (κ1) is 14.8. The number of rotatable bonds is 4. The van der Waals surface area contributed by atoms with Gasteiger partial charge in [0.1, 0.15) is 0 Å². The highest BCUT2D eigenvalue weighted by atomic mass is 19.3. The van der Waals surface area contributed by atoms with Crippen molar-refractivity contribution in [3.8, 4) is 5.88 Å². The molecule has 1 rings (SSSR count). The van der Waals surface area contributed by atoms with E-state index in [1.54, 1.807) is 12.3 Å². The number of halogens is 2. The van der Waals surface area contributed by atoms with Gasteiger partial charge < -0.3 is 4.74 Å². The third-order valence-electron chi connectivity index (χ3n) is 1.65. The lowest BCUT2D eigenvalue weighted by atomic mass is 10.1. The average molecular weight is 231 g/mol. The van der Waals surface area contributed by atoms with Gasteiger partial charge in [-0.3, -0.25) is 0 Å². The van der Waals surface area contributed by atoms with Crippen LogP contribution in [-0.2, 0) is 6.42 Å². The van der Waals surface area contributed by atoms with E-state index in [2.05, 4.69) is 23.6 Å². The monoisotopic (exact) mass is 231 g/mol. The number of aromatic nitrogens is 1. The lowest BCUT2D eigenvalue weighted by Gasteiger charge is -2.06. The molecule has 0 amide bonds. The van der Waals surface area contributed by atoms with Gasteiger partial charge in [0, 0.05) is 12.3 Å². The van der Waals surface area contributed by atoms with Gasteiger partial charge in [-0.15, -0.1) is 0 Å². The van der Waals surface area contributed by atoms with Gasteiger partial charge in [-0.25, -0.2) is 4.98 Å². The lowest BCUT2D eigenvalue weighted by Crippen LogP contribution is -2.04. The Labute approximate surface area is 95.7 Å². The molecule has 92 valence electrons. The summed E-state index contributed by atoms with van der Waals surface area (Å²) < 4.78 is 27.7. The average Bonchev–Trinajstić information content (AvgIpc) is 2.22. The molecule has 0 aliphatic heterocycles. The maximum absolute atomic E-state index is 11.8. The molecule has 0 aliphatic carbocycles. The number of nitrogens with zero attached hydrogens (tertiary/aromatic N) is 1. The van der Waals surface area contributed by atoms with Crippen LogP contribution in [0.3, 0.4) is 0 Å². The van der Waals surface area contributed by atoms with E-state index in [1.807, 2.05) is 13.8 Å². The van der Waals surface area contributed by atoms with E-state index in [1.165, 1.54) is 6.07 Å². The van der Waals surface area contributed by atoms with Gasteiger partial charge in [-0.1, -0.05) is 33.8 Å². The zero-order valence-corrected chi connectivity index (χ0v) is 10.2. The number of hydrogen-bond donors (Lipinski definition) is 0. The Kier molecular flexibility index (Phi) is 7.42. The Morgan fingerprint density at radius 1 is 1.25 bits per heavy atom. The molecule has 0 aromatic carbocycles. The second-order valence-corrected chi connectivity index (χ2v) is 3.48. The summed E-state index contributed by atoms with van der Waals surface area (Å²) in [4.78, 5) is 3.77. The van der Waals surface area contributed by atoms with Gasteiger partial charge in [0.05, 0.1) is 0 Å². The van der Waals surface area contributed by atoms with Gasteiger partial charge in [-0.05, 0) is 17.9 Å². The van der Waals surface area contributed by atoms with Gasteiger partial charge in [0.2, 0.25) is 5.88 Å². The molecule has 1 aromatic heterocycles. The summed E-state index contributed by atoms with van der Waals surface area (Å²) in [6.45, 7) is 5.37. The molecule has 1 aromatic rings. The fraction of sp³-hybridized carbons (Fsp3) is 0.583. The molecular formula is C12H19F2NO. The van der Waals surface area contributed by atoms with Crippen molar-refractivity contribution in [1.29, 1.82) is 0 Å². The summed E-state index contributed by atoms with van der Waals surface area (Å²) >= 11 is 0. The van der Waals surface area contributed by atoms with Crippen molar-refractivity contribution in [2.45, 2.75) is 40.7 Å². The molecule has 0 atom stereocenters. The summed E-state index contributed by atoms with van der Waals surface area (Å²) in [5.74, 6) is 0.492. The summed E-state index contributed by atoms with van der Waals surface area (Å²) in [6, 6.07) is 3.22. The maximum Gasteiger partial charge on any atom is 0.388 e. The Hall–Kier alpha value is -1.19. The summed E-state index contributed by atoms with van der Waals surface area (Å²) in [5, 5.41) is 0. The summed E-state index contributed by atoms with van der Waals surface area (Å²) in [5.41, 5.74) is 1.03. The second-order valence-electron chi connectivity index (χ2n) is 3.48. The van der Waals surface area contributed by atoms with Crippen molar-refractivity contribution in [3.63, 3.8) is 0 Å². The zero-order valence-electron chi connectivity index (χ0n) is 10.2. The van der Waals surface area contributed by atoms with E-state index in [0.29, 0.717) is 5.92 Å². The van der Waals surface area contributed by atoms with Crippen LogP contribution in [0.4, 0.5) is 8.78 Å². The maximum atomic E-state index is 11.8. The second kappa shape index (κ2) is 8.02. The molecule has 0 radical (unpaired) electrons. The van der Waals surface area contributed by atoms with Crippen LogP contribution in [0, 0.1) is 5.92 Å². The van der Waals surface area contributed by atoms with E-state index >= 15 is 0 Å². The van der Waals surface area contributed by atoms with E-state index in [-0.39, 0.29) is 5.88 Å². The highest BCUT2D eigenvalue weighted by Crippen LogP contribution is 2.13. The Balaban J connectivity index is 0.00000106. The van der Waals surface area contributed by atoms with Crippen molar-refractivity contribution >= 4 is 0 Å². The van der Waals surface area contributed by atoms with Crippen LogP contribution in [-0.4, -0.2) is 11.6 Å². The first-order valence-electron chi connectivity index (χ1n) is 5.47. The van der Waals surface area contributed by atoms with Gasteiger partial charge in [0.15, 0.2) is 0 Å². The fourth-order valence-corrected chi connectivity index (χ4v) is 1.16. The van der Waals surface area contributed by atoms with Crippen molar-refractivity contribution in [3.05, 3.63) is 23.9 Å². The summed E-state index contributed by atoms with van der Waals surface area (Å²) in [6.07, 6.45) is 2.46. The fourth-order valence-electron chi connectivity index (χ4n) is 1.16. The van der Waals surface area contributed by atoms with Crippen LogP contribution in [0.2, 0.25) is 0 Å². The largest absolute Gasteiger partial charge is 0.417 e. The van der Waals surface area contributed by atoms with Crippen LogP contribution in [0.25, 0.3) is 0 Å². The Bertz CT molecular complexity index is 244. The van der Waals surface area contributed by atoms with Crippen LogP contribution in [0.5, 0.6) is 5.88 Å². The minimum Gasteiger partial charge on any atom is -0.417 e. The quantitative estimate of drug-likeness (QED) is 0.783. The van der Waals surface area contributed by atoms with Crippen LogP contribution in [0.15, 0.2) is 18.3 Å². The minimum absolute atomic E-state index is 0.0347. The SMILES string of the molecule is CC.CC(C)Cc1ccc(OC(F)F)nc1. The highest BCUT2D eigenvalue weighted by molar-refractivity contribution is 5.18. The van der Waals surface area contributed by atoms with Gasteiger partial charge >= 0.3 is 6.61 Å². The molecule has 0 bridgehead atoms. The van der Waals surface area contributed by atoms with Crippen molar-refractivity contribution < 1.29 is 13.5 Å². The lowest BCUT2D eigenvalue weighted by molar-refractivity contribution is -0.0528. The number of pyridine rings is 1. The molecule has 16 heavy (non-hydrogen) atoms. The normalized spacial score (nSPS) is 10.0. The molecule has 0 unspecified atom stereocenters. The Morgan fingerprint density at radius 2 is 1.88 bits per heavy atom. The first-order chi connectivity index (χ1) is 7.58. The third-order valence-corrected chi connectivity index (χ3v) is 1.65. The zero-order chi connectivity index (χ0) is 12.6. The third kappa shape index (κ3) is 6.32. The predicted molar refractivity (Wildman–Crippen MR) is 60.8 cm³/mol. The molecular weight excluding hydrogens is 212 g/mol. The smallest absolute Gasteiger partial charge is 0.388 e. The molecule has 0 fully saturated rings. The molecule has 0 saturated carbocycles. The number of hydrogen-bond acceptors (Lipinski definition) is 2. The van der Waals surface area contributed by atoms with Crippen LogP contribution >= 0.6 is 0 Å².